The summed E-state index contributed by atoms with van der Waals surface area (Å²) in [6.45, 7) is 2.04. The molecule has 0 amide bonds. The van der Waals surface area contributed by atoms with Crippen LogP contribution >= 0.6 is 28.1 Å². The molecule has 5 heteroatoms. The molecule has 1 aromatic heterocycles. The number of hydrogen-bond acceptors (Lipinski definition) is 3. The Bertz CT molecular complexity index is 581. The van der Waals surface area contributed by atoms with E-state index in [1.165, 1.54) is 0 Å². The molecule has 0 saturated carbocycles. The molecule has 3 N–H and O–H groups in total. The molecular formula is C13H12BrN3S. The molecule has 1 heterocycles. The van der Waals surface area contributed by atoms with Crippen molar-refractivity contribution in [3.63, 3.8) is 0 Å². The molecule has 0 bridgehead atoms. The van der Waals surface area contributed by atoms with E-state index < -0.39 is 0 Å². The number of nitrogens with zero attached hydrogens (tertiary/aromatic N) is 1. The minimum absolute atomic E-state index is 0.354. The first kappa shape index (κ1) is 13.0. The number of hydrogen-bond donors (Lipinski definition) is 2. The van der Waals surface area contributed by atoms with E-state index in [2.05, 4.69) is 26.2 Å². The Morgan fingerprint density at radius 3 is 2.72 bits per heavy atom. The Morgan fingerprint density at radius 1 is 1.33 bits per heavy atom. The lowest BCUT2D eigenvalue weighted by atomic mass is 10.2. The van der Waals surface area contributed by atoms with Crippen LogP contribution in [0.4, 0.5) is 11.5 Å². The van der Waals surface area contributed by atoms with Gasteiger partial charge >= 0.3 is 0 Å². The summed E-state index contributed by atoms with van der Waals surface area (Å²) in [5.74, 6) is 0.760. The van der Waals surface area contributed by atoms with Gasteiger partial charge in [0.15, 0.2) is 0 Å². The molecule has 0 atom stereocenters. The fourth-order valence-electron chi connectivity index (χ4n) is 1.49. The van der Waals surface area contributed by atoms with Gasteiger partial charge in [0.1, 0.15) is 10.8 Å². The van der Waals surface area contributed by atoms with Crippen LogP contribution in [0.2, 0.25) is 0 Å². The van der Waals surface area contributed by atoms with Gasteiger partial charge in [0.2, 0.25) is 0 Å². The van der Waals surface area contributed by atoms with Crippen molar-refractivity contribution in [2.45, 2.75) is 6.92 Å². The van der Waals surface area contributed by atoms with E-state index in [4.69, 9.17) is 18.0 Å². The maximum absolute atomic E-state index is 5.53. The summed E-state index contributed by atoms with van der Waals surface area (Å²) in [6.07, 6.45) is 1.66. The van der Waals surface area contributed by atoms with Crippen LogP contribution in [-0.4, -0.2) is 9.97 Å². The normalized spacial score (nSPS) is 10.1. The Kier molecular flexibility index (Phi) is 3.93. The van der Waals surface area contributed by atoms with Crippen molar-refractivity contribution in [2.75, 3.05) is 5.32 Å². The Morgan fingerprint density at radius 2 is 2.11 bits per heavy atom. The maximum atomic E-state index is 5.53. The molecule has 0 spiro atoms. The molecule has 92 valence electrons. The predicted octanol–water partition coefficient (Wildman–Crippen LogP) is 3.53. The quantitative estimate of drug-likeness (QED) is 0.849. The molecule has 0 aliphatic rings. The van der Waals surface area contributed by atoms with Crippen molar-refractivity contribution in [3.8, 4) is 0 Å². The highest BCUT2D eigenvalue weighted by atomic mass is 79.9. The van der Waals surface area contributed by atoms with Gasteiger partial charge in [-0.1, -0.05) is 34.2 Å². The molecule has 0 fully saturated rings. The van der Waals surface area contributed by atoms with Crippen molar-refractivity contribution >= 4 is 44.6 Å². The number of thiocarbonyl (C=S) groups is 1. The molecule has 18 heavy (non-hydrogen) atoms. The molecule has 0 radical (unpaired) electrons. The standard InChI is InChI=1S/C13H12BrN3S/c1-8-10(14)3-2-4-11(8)17-12-6-5-9(7-16-12)13(15)18/h2-7H,1H3,(H2,15,18)(H,16,17). The largest absolute Gasteiger partial charge is 0.389 e. The van der Waals surface area contributed by atoms with Gasteiger partial charge in [0.25, 0.3) is 0 Å². The van der Waals surface area contributed by atoms with E-state index >= 15 is 0 Å². The van der Waals surface area contributed by atoms with Gasteiger partial charge in [-0.3, -0.25) is 0 Å². The monoisotopic (exact) mass is 321 g/mol. The van der Waals surface area contributed by atoms with Crippen LogP contribution in [0.5, 0.6) is 0 Å². The zero-order chi connectivity index (χ0) is 13.1. The van der Waals surface area contributed by atoms with E-state index in [1.54, 1.807) is 6.20 Å². The highest BCUT2D eigenvalue weighted by Crippen LogP contribution is 2.25. The average Bonchev–Trinajstić information content (AvgIpc) is 2.36. The summed E-state index contributed by atoms with van der Waals surface area (Å²) < 4.78 is 1.06. The zero-order valence-electron chi connectivity index (χ0n) is 9.77. The van der Waals surface area contributed by atoms with Gasteiger partial charge in [0.05, 0.1) is 0 Å². The van der Waals surface area contributed by atoms with Gasteiger partial charge in [-0.25, -0.2) is 4.98 Å². The topological polar surface area (TPSA) is 50.9 Å². The number of benzene rings is 1. The summed E-state index contributed by atoms with van der Waals surface area (Å²) in [5.41, 5.74) is 8.44. The molecule has 0 aliphatic heterocycles. The Hall–Kier alpha value is -1.46. The molecule has 2 aromatic rings. The molecule has 3 nitrogen and oxygen atoms in total. The molecule has 1 aromatic carbocycles. The van der Waals surface area contributed by atoms with E-state index in [1.807, 2.05) is 37.3 Å². The van der Waals surface area contributed by atoms with Crippen molar-refractivity contribution < 1.29 is 0 Å². The average molecular weight is 322 g/mol. The molecule has 2 rings (SSSR count). The van der Waals surface area contributed by atoms with E-state index in [-0.39, 0.29) is 0 Å². The number of nitrogens with one attached hydrogen (secondary N) is 1. The number of nitrogens with two attached hydrogens (primary N) is 1. The summed E-state index contributed by atoms with van der Waals surface area (Å²) in [5, 5.41) is 3.25. The third kappa shape index (κ3) is 2.86. The minimum Gasteiger partial charge on any atom is -0.389 e. The summed E-state index contributed by atoms with van der Waals surface area (Å²) in [4.78, 5) is 4.63. The molecule has 0 saturated heterocycles. The lowest BCUT2D eigenvalue weighted by Gasteiger charge is -2.10. The van der Waals surface area contributed by atoms with Crippen LogP contribution in [0.3, 0.4) is 0 Å². The van der Waals surface area contributed by atoms with Crippen molar-refractivity contribution in [1.29, 1.82) is 0 Å². The lowest BCUT2D eigenvalue weighted by Crippen LogP contribution is -2.09. The van der Waals surface area contributed by atoms with Gasteiger partial charge in [-0.15, -0.1) is 0 Å². The maximum Gasteiger partial charge on any atom is 0.130 e. The van der Waals surface area contributed by atoms with Crippen molar-refractivity contribution in [2.24, 2.45) is 5.73 Å². The van der Waals surface area contributed by atoms with E-state index in [9.17, 15) is 0 Å². The first-order chi connectivity index (χ1) is 8.58. The third-order valence-electron chi connectivity index (χ3n) is 2.58. The minimum atomic E-state index is 0.354. The van der Waals surface area contributed by atoms with E-state index in [0.29, 0.717) is 4.99 Å². The number of rotatable bonds is 3. The summed E-state index contributed by atoms with van der Waals surface area (Å²) in [7, 11) is 0. The van der Waals surface area contributed by atoms with Gasteiger partial charge < -0.3 is 11.1 Å². The van der Waals surface area contributed by atoms with E-state index in [0.717, 1.165) is 27.1 Å². The second kappa shape index (κ2) is 5.46. The van der Waals surface area contributed by atoms with Crippen LogP contribution in [0.25, 0.3) is 0 Å². The van der Waals surface area contributed by atoms with Crippen LogP contribution in [-0.2, 0) is 0 Å². The highest BCUT2D eigenvalue weighted by Gasteiger charge is 2.03. The SMILES string of the molecule is Cc1c(Br)cccc1Nc1ccc(C(N)=S)cn1. The smallest absolute Gasteiger partial charge is 0.130 e. The first-order valence-electron chi connectivity index (χ1n) is 5.36. The summed E-state index contributed by atoms with van der Waals surface area (Å²) >= 11 is 8.38. The van der Waals surface area contributed by atoms with Crippen LogP contribution in [0, 0.1) is 6.92 Å². The molecular weight excluding hydrogens is 310 g/mol. The van der Waals surface area contributed by atoms with Gasteiger partial charge in [0, 0.05) is 21.9 Å². The van der Waals surface area contributed by atoms with Gasteiger partial charge in [-0.2, -0.15) is 0 Å². The Labute approximate surface area is 120 Å². The number of halogens is 1. The highest BCUT2D eigenvalue weighted by molar-refractivity contribution is 9.10. The van der Waals surface area contributed by atoms with Crippen molar-refractivity contribution in [3.05, 3.63) is 52.1 Å². The van der Waals surface area contributed by atoms with Crippen LogP contribution < -0.4 is 11.1 Å². The van der Waals surface area contributed by atoms with Crippen molar-refractivity contribution in [1.82, 2.24) is 4.98 Å². The summed E-state index contributed by atoms with van der Waals surface area (Å²) in [6, 6.07) is 9.69. The first-order valence-corrected chi connectivity index (χ1v) is 6.56. The molecule has 0 aliphatic carbocycles. The number of anilines is 2. The fraction of sp³-hybridized carbons (Fsp3) is 0.0769. The lowest BCUT2D eigenvalue weighted by molar-refractivity contribution is 1.28. The number of pyridine rings is 1. The Balaban J connectivity index is 2.24. The fourth-order valence-corrected chi connectivity index (χ4v) is 1.98. The third-order valence-corrected chi connectivity index (χ3v) is 3.67. The molecule has 0 unspecified atom stereocenters. The second-order valence-electron chi connectivity index (χ2n) is 3.83. The second-order valence-corrected chi connectivity index (χ2v) is 5.13. The van der Waals surface area contributed by atoms with Crippen LogP contribution in [0.15, 0.2) is 41.0 Å². The number of aromatic nitrogens is 1. The predicted molar refractivity (Wildman–Crippen MR) is 82.3 cm³/mol. The zero-order valence-corrected chi connectivity index (χ0v) is 12.2. The van der Waals surface area contributed by atoms with Crippen LogP contribution in [0.1, 0.15) is 11.1 Å². The van der Waals surface area contributed by atoms with Gasteiger partial charge in [-0.05, 0) is 36.8 Å².